The molecule has 1 aromatic carbocycles. The Morgan fingerprint density at radius 1 is 1.42 bits per heavy atom. The molecule has 0 saturated carbocycles. The standard InChI is InChI=1S/C14H20ClNO3/c1-5-8-14(2,19-4)13(17)16-10-6-7-12(18-3)11(15)9-10/h6-7,9H,5,8H2,1-4H3,(H,16,17)/t14-/m0/s1. The zero-order chi connectivity index (χ0) is 14.5. The number of amides is 1. The van der Waals surface area contributed by atoms with Crippen LogP contribution in [0.3, 0.4) is 0 Å². The van der Waals surface area contributed by atoms with Crippen molar-refractivity contribution in [3.05, 3.63) is 23.2 Å². The van der Waals surface area contributed by atoms with E-state index in [1.165, 1.54) is 7.11 Å². The molecule has 19 heavy (non-hydrogen) atoms. The van der Waals surface area contributed by atoms with E-state index >= 15 is 0 Å². The van der Waals surface area contributed by atoms with Crippen molar-refractivity contribution >= 4 is 23.2 Å². The van der Waals surface area contributed by atoms with Gasteiger partial charge in [0.1, 0.15) is 11.4 Å². The second-order valence-electron chi connectivity index (χ2n) is 4.49. The Morgan fingerprint density at radius 2 is 2.11 bits per heavy atom. The van der Waals surface area contributed by atoms with E-state index in [2.05, 4.69) is 5.32 Å². The lowest BCUT2D eigenvalue weighted by Crippen LogP contribution is -2.41. The SMILES string of the molecule is CCC[C@](C)(OC)C(=O)Nc1ccc(OC)c(Cl)c1. The fourth-order valence-electron chi connectivity index (χ4n) is 1.79. The molecule has 0 radical (unpaired) electrons. The van der Waals surface area contributed by atoms with Crippen molar-refractivity contribution < 1.29 is 14.3 Å². The lowest BCUT2D eigenvalue weighted by molar-refractivity contribution is -0.136. The molecule has 1 atom stereocenters. The molecule has 0 aromatic heterocycles. The Bertz CT molecular complexity index is 450. The molecular weight excluding hydrogens is 266 g/mol. The molecule has 1 amide bonds. The Hall–Kier alpha value is -1.26. The van der Waals surface area contributed by atoms with Gasteiger partial charge < -0.3 is 14.8 Å². The van der Waals surface area contributed by atoms with Gasteiger partial charge in [-0.25, -0.2) is 0 Å². The van der Waals surface area contributed by atoms with Gasteiger partial charge in [0.15, 0.2) is 0 Å². The third-order valence-electron chi connectivity index (χ3n) is 3.07. The maximum Gasteiger partial charge on any atom is 0.256 e. The van der Waals surface area contributed by atoms with Gasteiger partial charge in [0, 0.05) is 12.8 Å². The fraction of sp³-hybridized carbons (Fsp3) is 0.500. The van der Waals surface area contributed by atoms with Crippen LogP contribution in [-0.4, -0.2) is 25.7 Å². The summed E-state index contributed by atoms with van der Waals surface area (Å²) in [5.41, 5.74) is -0.212. The molecule has 0 fully saturated rings. The van der Waals surface area contributed by atoms with E-state index in [9.17, 15) is 4.79 Å². The van der Waals surface area contributed by atoms with Crippen LogP contribution in [0.1, 0.15) is 26.7 Å². The van der Waals surface area contributed by atoms with Crippen LogP contribution in [0.25, 0.3) is 0 Å². The van der Waals surface area contributed by atoms with Crippen molar-refractivity contribution in [1.29, 1.82) is 0 Å². The summed E-state index contributed by atoms with van der Waals surface area (Å²) in [6.45, 7) is 3.78. The predicted molar refractivity (Wildman–Crippen MR) is 77.0 cm³/mol. The molecule has 0 aliphatic rings. The quantitative estimate of drug-likeness (QED) is 0.870. The number of rotatable bonds is 6. The van der Waals surface area contributed by atoms with Crippen molar-refractivity contribution in [3.63, 3.8) is 0 Å². The number of hydrogen-bond acceptors (Lipinski definition) is 3. The van der Waals surface area contributed by atoms with E-state index in [1.807, 2.05) is 6.92 Å². The van der Waals surface area contributed by atoms with E-state index in [0.717, 1.165) is 6.42 Å². The highest BCUT2D eigenvalue weighted by Gasteiger charge is 2.32. The number of ether oxygens (including phenoxy) is 2. The summed E-state index contributed by atoms with van der Waals surface area (Å²) in [4.78, 5) is 12.2. The van der Waals surface area contributed by atoms with Crippen LogP contribution in [0.5, 0.6) is 5.75 Å². The van der Waals surface area contributed by atoms with E-state index in [0.29, 0.717) is 22.9 Å². The molecule has 0 spiro atoms. The van der Waals surface area contributed by atoms with Gasteiger partial charge >= 0.3 is 0 Å². The number of methoxy groups -OCH3 is 2. The number of hydrogen-bond donors (Lipinski definition) is 1. The van der Waals surface area contributed by atoms with Crippen LogP contribution in [0.15, 0.2) is 18.2 Å². The van der Waals surface area contributed by atoms with E-state index in [-0.39, 0.29) is 5.91 Å². The summed E-state index contributed by atoms with van der Waals surface area (Å²) in [7, 11) is 3.08. The van der Waals surface area contributed by atoms with Gasteiger partial charge in [0.25, 0.3) is 5.91 Å². The number of halogens is 1. The van der Waals surface area contributed by atoms with Gasteiger partial charge in [-0.1, -0.05) is 24.9 Å². The highest BCUT2D eigenvalue weighted by Crippen LogP contribution is 2.28. The van der Waals surface area contributed by atoms with Crippen molar-refractivity contribution in [2.45, 2.75) is 32.3 Å². The van der Waals surface area contributed by atoms with E-state index in [1.54, 1.807) is 32.2 Å². The summed E-state index contributed by atoms with van der Waals surface area (Å²) in [5.74, 6) is 0.390. The zero-order valence-corrected chi connectivity index (χ0v) is 12.5. The largest absolute Gasteiger partial charge is 0.495 e. The molecule has 0 heterocycles. The minimum Gasteiger partial charge on any atom is -0.495 e. The van der Waals surface area contributed by atoms with Crippen LogP contribution in [0.4, 0.5) is 5.69 Å². The van der Waals surface area contributed by atoms with Crippen molar-refractivity contribution in [3.8, 4) is 5.75 Å². The minimum atomic E-state index is -0.832. The van der Waals surface area contributed by atoms with Gasteiger partial charge in [0.05, 0.1) is 12.1 Å². The summed E-state index contributed by atoms with van der Waals surface area (Å²) in [6, 6.07) is 5.10. The number of carbonyl (C=O) groups excluding carboxylic acids is 1. The van der Waals surface area contributed by atoms with Crippen LogP contribution in [-0.2, 0) is 9.53 Å². The summed E-state index contributed by atoms with van der Waals surface area (Å²) in [6.07, 6.45) is 1.51. The lowest BCUT2D eigenvalue weighted by atomic mass is 9.99. The average Bonchev–Trinajstić information content (AvgIpc) is 2.39. The van der Waals surface area contributed by atoms with Gasteiger partial charge in [-0.3, -0.25) is 4.79 Å². The van der Waals surface area contributed by atoms with Crippen LogP contribution < -0.4 is 10.1 Å². The minimum absolute atomic E-state index is 0.182. The Labute approximate surface area is 119 Å². The third-order valence-corrected chi connectivity index (χ3v) is 3.36. The molecule has 1 aromatic rings. The van der Waals surface area contributed by atoms with Crippen LogP contribution in [0, 0.1) is 0 Å². The Balaban J connectivity index is 2.84. The summed E-state index contributed by atoms with van der Waals surface area (Å²) < 4.78 is 10.4. The normalized spacial score (nSPS) is 13.7. The third kappa shape index (κ3) is 3.85. The Morgan fingerprint density at radius 3 is 2.58 bits per heavy atom. The molecule has 1 rings (SSSR count). The number of nitrogens with one attached hydrogen (secondary N) is 1. The molecule has 5 heteroatoms. The zero-order valence-electron chi connectivity index (χ0n) is 11.7. The van der Waals surface area contributed by atoms with E-state index in [4.69, 9.17) is 21.1 Å². The maximum absolute atomic E-state index is 12.2. The summed E-state index contributed by atoms with van der Waals surface area (Å²) in [5, 5.41) is 3.26. The molecule has 106 valence electrons. The van der Waals surface area contributed by atoms with Crippen LogP contribution in [0.2, 0.25) is 5.02 Å². The topological polar surface area (TPSA) is 47.6 Å². The van der Waals surface area contributed by atoms with Gasteiger partial charge in [-0.05, 0) is 31.5 Å². The number of anilines is 1. The molecule has 1 N–H and O–H groups in total. The van der Waals surface area contributed by atoms with Gasteiger partial charge in [-0.15, -0.1) is 0 Å². The molecule has 0 unspecified atom stereocenters. The van der Waals surface area contributed by atoms with Crippen molar-refractivity contribution in [2.24, 2.45) is 0 Å². The highest BCUT2D eigenvalue weighted by molar-refractivity contribution is 6.32. The first-order valence-electron chi connectivity index (χ1n) is 6.17. The van der Waals surface area contributed by atoms with Crippen LogP contribution >= 0.6 is 11.6 Å². The van der Waals surface area contributed by atoms with Gasteiger partial charge in [0.2, 0.25) is 0 Å². The fourth-order valence-corrected chi connectivity index (χ4v) is 2.05. The molecule has 0 saturated heterocycles. The highest BCUT2D eigenvalue weighted by atomic mass is 35.5. The molecular formula is C14H20ClNO3. The van der Waals surface area contributed by atoms with Crippen molar-refractivity contribution in [1.82, 2.24) is 0 Å². The molecule has 4 nitrogen and oxygen atoms in total. The first-order valence-corrected chi connectivity index (χ1v) is 6.54. The lowest BCUT2D eigenvalue weighted by Gasteiger charge is -2.26. The first-order chi connectivity index (χ1) is 8.96. The average molecular weight is 286 g/mol. The van der Waals surface area contributed by atoms with E-state index < -0.39 is 5.60 Å². The molecule has 0 bridgehead atoms. The second-order valence-corrected chi connectivity index (χ2v) is 4.90. The molecule has 0 aliphatic carbocycles. The predicted octanol–water partition coefficient (Wildman–Crippen LogP) is 3.49. The van der Waals surface area contributed by atoms with Gasteiger partial charge in [-0.2, -0.15) is 0 Å². The number of benzene rings is 1. The maximum atomic E-state index is 12.2. The van der Waals surface area contributed by atoms with Crippen molar-refractivity contribution in [2.75, 3.05) is 19.5 Å². The molecule has 0 aliphatic heterocycles. The Kier molecular flexibility index (Phi) is 5.63. The smallest absolute Gasteiger partial charge is 0.256 e. The first kappa shape index (κ1) is 15.8. The number of carbonyl (C=O) groups is 1. The monoisotopic (exact) mass is 285 g/mol. The second kappa shape index (κ2) is 6.78. The summed E-state index contributed by atoms with van der Waals surface area (Å²) >= 11 is 6.01.